The maximum Gasteiger partial charge on any atom is 0.221 e. The van der Waals surface area contributed by atoms with E-state index in [2.05, 4.69) is 15.6 Å². The zero-order valence-corrected chi connectivity index (χ0v) is 17.1. The van der Waals surface area contributed by atoms with Crippen molar-refractivity contribution in [1.82, 2.24) is 10.2 Å². The normalized spacial score (nSPS) is 18.7. The standard InChI is InChI=1S/C18H28N4O4S/c1-14(23)21-15-6-5-7-16(12-15)26-10-8-20-17(19-4)22-9-11-27(24,25)18(2,3)13-22/h5-7,12H,8-11,13H2,1-4H3,(H,19,20)(H,21,23). The molecule has 1 amide bonds. The van der Waals surface area contributed by atoms with Crippen LogP contribution in [0.25, 0.3) is 0 Å². The van der Waals surface area contributed by atoms with Crippen LogP contribution in [0.2, 0.25) is 0 Å². The fourth-order valence-corrected chi connectivity index (χ4v) is 4.22. The van der Waals surface area contributed by atoms with Gasteiger partial charge in [-0.05, 0) is 26.0 Å². The summed E-state index contributed by atoms with van der Waals surface area (Å²) in [6.07, 6.45) is 0. The molecule has 9 heteroatoms. The highest BCUT2D eigenvalue weighted by molar-refractivity contribution is 7.92. The summed E-state index contributed by atoms with van der Waals surface area (Å²) in [7, 11) is -1.41. The van der Waals surface area contributed by atoms with Crippen LogP contribution in [-0.2, 0) is 14.6 Å². The molecule has 0 radical (unpaired) electrons. The molecule has 27 heavy (non-hydrogen) atoms. The fraction of sp³-hybridized carbons (Fsp3) is 0.556. The van der Waals surface area contributed by atoms with Gasteiger partial charge in [0.15, 0.2) is 15.8 Å². The van der Waals surface area contributed by atoms with Crippen molar-refractivity contribution >= 4 is 27.4 Å². The first kappa shape index (κ1) is 21.0. The number of anilines is 1. The van der Waals surface area contributed by atoms with Gasteiger partial charge in [0.1, 0.15) is 12.4 Å². The van der Waals surface area contributed by atoms with Crippen LogP contribution in [0.3, 0.4) is 0 Å². The molecule has 1 aromatic rings. The van der Waals surface area contributed by atoms with E-state index >= 15 is 0 Å². The third-order valence-corrected chi connectivity index (χ3v) is 6.90. The quantitative estimate of drug-likeness (QED) is 0.439. The molecule has 1 aliphatic heterocycles. The Bertz CT molecular complexity index is 805. The molecule has 0 spiro atoms. The van der Waals surface area contributed by atoms with Crippen molar-refractivity contribution in [3.63, 3.8) is 0 Å². The molecule has 1 fully saturated rings. The van der Waals surface area contributed by atoms with Gasteiger partial charge in [0.2, 0.25) is 5.91 Å². The van der Waals surface area contributed by atoms with Gasteiger partial charge in [0.25, 0.3) is 0 Å². The SMILES string of the molecule is CN=C(NCCOc1cccc(NC(C)=O)c1)N1CCS(=O)(=O)C(C)(C)C1. The number of benzene rings is 1. The largest absolute Gasteiger partial charge is 0.492 e. The number of nitrogens with zero attached hydrogens (tertiary/aromatic N) is 2. The minimum Gasteiger partial charge on any atom is -0.492 e. The lowest BCUT2D eigenvalue weighted by molar-refractivity contribution is -0.114. The van der Waals surface area contributed by atoms with Crippen molar-refractivity contribution in [2.75, 3.05) is 44.4 Å². The second-order valence-electron chi connectivity index (χ2n) is 7.03. The van der Waals surface area contributed by atoms with Gasteiger partial charge in [-0.3, -0.25) is 9.79 Å². The molecule has 1 aliphatic rings. The van der Waals surface area contributed by atoms with Gasteiger partial charge in [-0.1, -0.05) is 6.07 Å². The molecule has 0 aliphatic carbocycles. The Morgan fingerprint density at radius 2 is 2.11 bits per heavy atom. The lowest BCUT2D eigenvalue weighted by Crippen LogP contribution is -2.57. The van der Waals surface area contributed by atoms with Gasteiger partial charge in [0, 0.05) is 38.8 Å². The molecular weight excluding hydrogens is 368 g/mol. The Morgan fingerprint density at radius 1 is 1.37 bits per heavy atom. The van der Waals surface area contributed by atoms with Gasteiger partial charge in [-0.2, -0.15) is 0 Å². The van der Waals surface area contributed by atoms with E-state index < -0.39 is 14.6 Å². The number of carbonyl (C=O) groups excluding carboxylic acids is 1. The van der Waals surface area contributed by atoms with E-state index in [4.69, 9.17) is 4.74 Å². The van der Waals surface area contributed by atoms with Crippen molar-refractivity contribution in [1.29, 1.82) is 0 Å². The highest BCUT2D eigenvalue weighted by atomic mass is 32.2. The Balaban J connectivity index is 1.85. The summed E-state index contributed by atoms with van der Waals surface area (Å²) in [4.78, 5) is 17.3. The molecule has 1 heterocycles. The average molecular weight is 397 g/mol. The topological polar surface area (TPSA) is 100 Å². The Hall–Kier alpha value is -2.29. The predicted octanol–water partition coefficient (Wildman–Crippen LogP) is 1.11. The molecule has 0 aromatic heterocycles. The Morgan fingerprint density at radius 3 is 2.74 bits per heavy atom. The molecule has 0 bridgehead atoms. The first-order valence-electron chi connectivity index (χ1n) is 8.83. The molecular formula is C18H28N4O4S. The second kappa shape index (κ2) is 8.60. The van der Waals surface area contributed by atoms with E-state index in [9.17, 15) is 13.2 Å². The first-order chi connectivity index (χ1) is 12.6. The lowest BCUT2D eigenvalue weighted by Gasteiger charge is -2.39. The molecule has 8 nitrogen and oxygen atoms in total. The van der Waals surface area contributed by atoms with E-state index in [1.54, 1.807) is 33.0 Å². The Kier molecular flexibility index (Phi) is 6.69. The molecule has 150 valence electrons. The van der Waals surface area contributed by atoms with Gasteiger partial charge in [-0.25, -0.2) is 8.42 Å². The highest BCUT2D eigenvalue weighted by Crippen LogP contribution is 2.23. The number of hydrogen-bond donors (Lipinski definition) is 2. The number of nitrogens with one attached hydrogen (secondary N) is 2. The summed E-state index contributed by atoms with van der Waals surface area (Å²) < 4.78 is 29.2. The van der Waals surface area contributed by atoms with E-state index in [0.717, 1.165) is 0 Å². The van der Waals surface area contributed by atoms with Crippen molar-refractivity contribution in [3.05, 3.63) is 24.3 Å². The van der Waals surface area contributed by atoms with Crippen LogP contribution in [0.5, 0.6) is 5.75 Å². The number of sulfone groups is 1. The van der Waals surface area contributed by atoms with E-state index in [1.165, 1.54) is 6.92 Å². The first-order valence-corrected chi connectivity index (χ1v) is 10.5. The van der Waals surface area contributed by atoms with Crippen LogP contribution in [-0.4, -0.2) is 69.0 Å². The summed E-state index contributed by atoms with van der Waals surface area (Å²) >= 11 is 0. The van der Waals surface area contributed by atoms with E-state index in [-0.39, 0.29) is 11.7 Å². The zero-order valence-electron chi connectivity index (χ0n) is 16.3. The van der Waals surface area contributed by atoms with Crippen molar-refractivity contribution in [3.8, 4) is 5.75 Å². The molecule has 0 atom stereocenters. The summed E-state index contributed by atoms with van der Waals surface area (Å²) in [5.74, 6) is 1.30. The number of aliphatic imine (C=N–C) groups is 1. The van der Waals surface area contributed by atoms with Crippen molar-refractivity contribution < 1.29 is 17.9 Å². The molecule has 2 rings (SSSR count). The number of hydrogen-bond acceptors (Lipinski definition) is 5. The predicted molar refractivity (Wildman–Crippen MR) is 107 cm³/mol. The molecule has 2 N–H and O–H groups in total. The van der Waals surface area contributed by atoms with Crippen LogP contribution in [0.4, 0.5) is 5.69 Å². The molecule has 0 saturated carbocycles. The van der Waals surface area contributed by atoms with Gasteiger partial charge in [0.05, 0.1) is 17.0 Å². The fourth-order valence-electron chi connectivity index (χ4n) is 2.86. The van der Waals surface area contributed by atoms with Crippen LogP contribution >= 0.6 is 0 Å². The van der Waals surface area contributed by atoms with Gasteiger partial charge in [-0.15, -0.1) is 0 Å². The van der Waals surface area contributed by atoms with E-state index in [1.807, 2.05) is 17.0 Å². The van der Waals surface area contributed by atoms with E-state index in [0.29, 0.717) is 43.6 Å². The zero-order chi connectivity index (χ0) is 20.1. The monoisotopic (exact) mass is 396 g/mol. The smallest absolute Gasteiger partial charge is 0.221 e. The maximum atomic E-state index is 12.1. The minimum absolute atomic E-state index is 0.118. The van der Waals surface area contributed by atoms with Crippen molar-refractivity contribution in [2.24, 2.45) is 4.99 Å². The molecule has 1 saturated heterocycles. The number of ether oxygens (including phenoxy) is 1. The van der Waals surface area contributed by atoms with Gasteiger partial charge >= 0.3 is 0 Å². The summed E-state index contributed by atoms with van der Waals surface area (Å²) in [6.45, 7) is 6.68. The third-order valence-electron chi connectivity index (χ3n) is 4.36. The summed E-state index contributed by atoms with van der Waals surface area (Å²) in [6, 6.07) is 7.18. The van der Waals surface area contributed by atoms with Gasteiger partial charge < -0.3 is 20.3 Å². The lowest BCUT2D eigenvalue weighted by atomic mass is 10.2. The van der Waals surface area contributed by atoms with Crippen molar-refractivity contribution in [2.45, 2.75) is 25.5 Å². The molecule has 1 aromatic carbocycles. The minimum atomic E-state index is -3.09. The highest BCUT2D eigenvalue weighted by Gasteiger charge is 2.40. The Labute approximate surface area is 160 Å². The number of rotatable bonds is 5. The molecule has 0 unspecified atom stereocenters. The third kappa shape index (κ3) is 5.59. The van der Waals surface area contributed by atoms with Crippen LogP contribution < -0.4 is 15.4 Å². The van der Waals surface area contributed by atoms with Crippen LogP contribution in [0, 0.1) is 0 Å². The summed E-state index contributed by atoms with van der Waals surface area (Å²) in [5, 5.41) is 5.92. The maximum absolute atomic E-state index is 12.1. The van der Waals surface area contributed by atoms with Crippen LogP contribution in [0.1, 0.15) is 20.8 Å². The number of guanidine groups is 1. The van der Waals surface area contributed by atoms with Crippen LogP contribution in [0.15, 0.2) is 29.3 Å². The second-order valence-corrected chi connectivity index (χ2v) is 9.77. The number of carbonyl (C=O) groups is 1. The number of amides is 1. The average Bonchev–Trinajstić information content (AvgIpc) is 2.57. The summed E-state index contributed by atoms with van der Waals surface area (Å²) in [5.41, 5.74) is 0.681.